The minimum Gasteiger partial charge on any atom is -0.355 e. The minimum absolute atomic E-state index is 0.0187. The fourth-order valence-electron chi connectivity index (χ4n) is 3.17. The van der Waals surface area contributed by atoms with E-state index in [0.29, 0.717) is 12.6 Å². The van der Waals surface area contributed by atoms with Crippen LogP contribution in [-0.2, 0) is 11.0 Å². The lowest BCUT2D eigenvalue weighted by atomic mass is 9.95. The van der Waals surface area contributed by atoms with E-state index < -0.39 is 36.3 Å². The topological polar surface area (TPSA) is 36.4 Å². The first-order chi connectivity index (χ1) is 12.9. The van der Waals surface area contributed by atoms with Crippen molar-refractivity contribution in [1.82, 2.24) is 9.88 Å². The summed E-state index contributed by atoms with van der Waals surface area (Å²) in [5.74, 6) is -0.954. The molecule has 11 heteroatoms. The van der Waals surface area contributed by atoms with Crippen LogP contribution in [0.5, 0.6) is 0 Å². The average molecular weight is 432 g/mol. The van der Waals surface area contributed by atoms with Gasteiger partial charge in [-0.1, -0.05) is 18.5 Å². The van der Waals surface area contributed by atoms with Crippen molar-refractivity contribution in [3.63, 3.8) is 0 Å². The molecule has 4 nitrogen and oxygen atoms in total. The highest BCUT2D eigenvalue weighted by atomic mass is 35.5. The van der Waals surface area contributed by atoms with Crippen LogP contribution in [0.15, 0.2) is 12.3 Å². The Kier molecular flexibility index (Phi) is 7.06. The summed E-state index contributed by atoms with van der Waals surface area (Å²) in [5.41, 5.74) is -0.964. The van der Waals surface area contributed by atoms with Gasteiger partial charge in [0.2, 0.25) is 5.91 Å². The highest BCUT2D eigenvalue weighted by Crippen LogP contribution is 2.35. The fraction of sp³-hybridized carbons (Fsp3) is 0.647. The number of carbonyl (C=O) groups is 1. The van der Waals surface area contributed by atoms with E-state index in [1.165, 1.54) is 0 Å². The summed E-state index contributed by atoms with van der Waals surface area (Å²) >= 11 is 5.93. The van der Waals surface area contributed by atoms with Gasteiger partial charge in [-0.2, -0.15) is 26.3 Å². The maximum atomic E-state index is 12.7. The van der Waals surface area contributed by atoms with Crippen molar-refractivity contribution in [3.8, 4) is 0 Å². The summed E-state index contributed by atoms with van der Waals surface area (Å²) in [6.07, 6.45) is -7.39. The van der Waals surface area contributed by atoms with Crippen LogP contribution in [0.3, 0.4) is 0 Å². The second kappa shape index (κ2) is 8.75. The first-order valence-corrected chi connectivity index (χ1v) is 9.13. The van der Waals surface area contributed by atoms with Crippen molar-refractivity contribution in [3.05, 3.63) is 22.8 Å². The van der Waals surface area contributed by atoms with Gasteiger partial charge >= 0.3 is 12.4 Å². The average Bonchev–Trinajstić information content (AvgIpc) is 2.59. The second-order valence-corrected chi connectivity index (χ2v) is 7.07. The summed E-state index contributed by atoms with van der Waals surface area (Å²) in [4.78, 5) is 18.7. The Bertz CT molecular complexity index is 686. The van der Waals surface area contributed by atoms with Crippen LogP contribution in [0.4, 0.5) is 32.2 Å². The van der Waals surface area contributed by atoms with Crippen LogP contribution < -0.4 is 4.90 Å². The van der Waals surface area contributed by atoms with Crippen LogP contribution in [0.1, 0.15) is 31.7 Å². The van der Waals surface area contributed by atoms with E-state index in [9.17, 15) is 31.1 Å². The zero-order valence-electron chi connectivity index (χ0n) is 15.1. The minimum atomic E-state index is -4.56. The fourth-order valence-corrected chi connectivity index (χ4v) is 3.45. The first kappa shape index (κ1) is 22.6. The van der Waals surface area contributed by atoms with Gasteiger partial charge < -0.3 is 9.80 Å². The molecule has 0 radical (unpaired) electrons. The van der Waals surface area contributed by atoms with E-state index in [0.717, 1.165) is 11.0 Å². The Labute approximate surface area is 163 Å². The van der Waals surface area contributed by atoms with Gasteiger partial charge in [-0.15, -0.1) is 0 Å². The number of alkyl halides is 6. The lowest BCUT2D eigenvalue weighted by Gasteiger charge is -2.35. The molecule has 0 bridgehead atoms. The number of pyridine rings is 1. The normalized spacial score (nSPS) is 16.4. The van der Waals surface area contributed by atoms with Gasteiger partial charge in [0.25, 0.3) is 0 Å². The molecule has 2 heterocycles. The number of hydrogen-bond donors (Lipinski definition) is 0. The molecule has 1 aromatic rings. The molecule has 1 fully saturated rings. The molecular weight excluding hydrogens is 412 g/mol. The largest absolute Gasteiger partial charge is 0.417 e. The maximum Gasteiger partial charge on any atom is 0.417 e. The van der Waals surface area contributed by atoms with Crippen molar-refractivity contribution in [2.24, 2.45) is 5.92 Å². The van der Waals surface area contributed by atoms with Crippen LogP contribution in [0.2, 0.25) is 5.02 Å². The molecule has 0 aliphatic carbocycles. The van der Waals surface area contributed by atoms with Crippen molar-refractivity contribution in [2.45, 2.75) is 38.5 Å². The Hall–Kier alpha value is -1.71. The molecular formula is C17H20ClF6N3O. The summed E-state index contributed by atoms with van der Waals surface area (Å²) in [6.45, 7) is 0.954. The number of aromatic nitrogens is 1. The maximum absolute atomic E-state index is 12.7. The number of halogens is 7. The summed E-state index contributed by atoms with van der Waals surface area (Å²) < 4.78 is 76.2. The molecule has 28 heavy (non-hydrogen) atoms. The summed E-state index contributed by atoms with van der Waals surface area (Å²) in [7, 11) is 0. The number of carbonyl (C=O) groups excluding carboxylic acids is 1. The number of rotatable bonds is 5. The van der Waals surface area contributed by atoms with Crippen molar-refractivity contribution in [1.29, 1.82) is 0 Å². The van der Waals surface area contributed by atoms with Crippen LogP contribution in [0.25, 0.3) is 0 Å². The van der Waals surface area contributed by atoms with E-state index in [4.69, 9.17) is 11.6 Å². The molecule has 1 saturated heterocycles. The third-order valence-corrected chi connectivity index (χ3v) is 4.75. The van der Waals surface area contributed by atoms with Crippen LogP contribution in [-0.4, -0.2) is 48.1 Å². The van der Waals surface area contributed by atoms with Crippen molar-refractivity contribution >= 4 is 23.3 Å². The molecule has 0 saturated carbocycles. The molecule has 1 aromatic heterocycles. The van der Waals surface area contributed by atoms with Crippen LogP contribution in [0, 0.1) is 5.92 Å². The molecule has 0 N–H and O–H groups in total. The SMILES string of the molecule is CCCN(CC(F)(F)F)C(=O)C1CCN(c2ncc(C(F)(F)F)cc2Cl)CC1. The number of nitrogens with zero attached hydrogens (tertiary/aromatic N) is 3. The Morgan fingerprint density at radius 3 is 2.32 bits per heavy atom. The van der Waals surface area contributed by atoms with Gasteiger partial charge in [-0.3, -0.25) is 4.79 Å². The van der Waals surface area contributed by atoms with Gasteiger partial charge in [0.15, 0.2) is 0 Å². The molecule has 1 amide bonds. The van der Waals surface area contributed by atoms with Gasteiger partial charge in [-0.05, 0) is 25.3 Å². The Morgan fingerprint density at radius 2 is 1.86 bits per heavy atom. The van der Waals surface area contributed by atoms with E-state index in [2.05, 4.69) is 4.98 Å². The van der Waals surface area contributed by atoms with E-state index >= 15 is 0 Å². The Balaban J connectivity index is 2.03. The molecule has 0 unspecified atom stereocenters. The van der Waals surface area contributed by atoms with Crippen molar-refractivity contribution in [2.75, 3.05) is 31.1 Å². The second-order valence-electron chi connectivity index (χ2n) is 6.66. The smallest absolute Gasteiger partial charge is 0.355 e. The van der Waals surface area contributed by atoms with Gasteiger partial charge in [0.05, 0.1) is 10.6 Å². The molecule has 0 aromatic carbocycles. The van der Waals surface area contributed by atoms with Crippen molar-refractivity contribution < 1.29 is 31.1 Å². The van der Waals surface area contributed by atoms with Crippen LogP contribution >= 0.6 is 11.6 Å². The molecule has 1 aliphatic rings. The summed E-state index contributed by atoms with van der Waals surface area (Å²) in [5, 5.41) is -0.163. The quantitative estimate of drug-likeness (QED) is 0.630. The predicted octanol–water partition coefficient (Wildman–Crippen LogP) is 4.77. The number of anilines is 1. The summed E-state index contributed by atoms with van der Waals surface area (Å²) in [6, 6.07) is 0.785. The van der Waals surface area contributed by atoms with Gasteiger partial charge in [0, 0.05) is 31.7 Å². The third-order valence-electron chi connectivity index (χ3n) is 4.47. The van der Waals surface area contributed by atoms with E-state index in [1.54, 1.807) is 11.8 Å². The molecule has 1 aliphatic heterocycles. The number of hydrogen-bond acceptors (Lipinski definition) is 3. The third kappa shape index (κ3) is 5.89. The van der Waals surface area contributed by atoms with Gasteiger partial charge in [-0.25, -0.2) is 4.98 Å². The lowest BCUT2D eigenvalue weighted by Crippen LogP contribution is -2.46. The molecule has 0 spiro atoms. The zero-order chi connectivity index (χ0) is 21.1. The standard InChI is InChI=1S/C17H20ClF6N3O/c1-2-5-27(10-16(19,20)21)15(28)11-3-6-26(7-4-11)14-13(18)8-12(9-25-14)17(22,23)24/h8-9,11H,2-7,10H2,1H3. The number of piperidine rings is 1. The van der Waals surface area contributed by atoms with E-state index in [-0.39, 0.29) is 43.3 Å². The Morgan fingerprint density at radius 1 is 1.25 bits per heavy atom. The predicted molar refractivity (Wildman–Crippen MR) is 92.1 cm³/mol. The zero-order valence-corrected chi connectivity index (χ0v) is 15.8. The molecule has 0 atom stereocenters. The molecule has 158 valence electrons. The lowest BCUT2D eigenvalue weighted by molar-refractivity contribution is -0.164. The first-order valence-electron chi connectivity index (χ1n) is 8.75. The highest BCUT2D eigenvalue weighted by molar-refractivity contribution is 6.33. The van der Waals surface area contributed by atoms with Gasteiger partial charge in [0.1, 0.15) is 12.4 Å². The number of amides is 1. The van der Waals surface area contributed by atoms with E-state index in [1.807, 2.05) is 0 Å². The molecule has 2 rings (SSSR count). The highest BCUT2D eigenvalue weighted by Gasteiger charge is 2.37. The monoisotopic (exact) mass is 431 g/mol.